The standard InChI is InChI=1S/C18H19N3O3S2/c1-12-5-3-6-13(2)17(12)24-11-16(23)20-21-18(25)19-15(22)9-8-14-7-4-10-26-14/h3-10H,11H2,1-2H3,(H,20,23)(H2,19,21,22,25)/b9-8+. The summed E-state index contributed by atoms with van der Waals surface area (Å²) in [5, 5.41) is 4.34. The topological polar surface area (TPSA) is 79.5 Å². The highest BCUT2D eigenvalue weighted by Gasteiger charge is 2.08. The van der Waals surface area contributed by atoms with Crippen molar-refractivity contribution in [3.63, 3.8) is 0 Å². The fraction of sp³-hybridized carbons (Fsp3) is 0.167. The summed E-state index contributed by atoms with van der Waals surface area (Å²) in [7, 11) is 0. The van der Waals surface area contributed by atoms with Crippen LogP contribution >= 0.6 is 23.6 Å². The number of para-hydroxylation sites is 1. The number of hydrogen-bond donors (Lipinski definition) is 3. The number of thiocarbonyl (C=S) groups is 1. The molecule has 2 aromatic rings. The number of thiophene rings is 1. The molecule has 0 spiro atoms. The molecule has 0 aliphatic rings. The van der Waals surface area contributed by atoms with E-state index in [1.807, 2.05) is 49.6 Å². The number of rotatable bonds is 5. The molecule has 6 nitrogen and oxygen atoms in total. The number of ether oxygens (including phenoxy) is 1. The SMILES string of the molecule is Cc1cccc(C)c1OCC(=O)NNC(=S)NC(=O)/C=C/c1cccs1. The Morgan fingerprint density at radius 1 is 1.15 bits per heavy atom. The fourth-order valence-electron chi connectivity index (χ4n) is 2.06. The molecular formula is C18H19N3O3S2. The van der Waals surface area contributed by atoms with Crippen molar-refractivity contribution in [2.24, 2.45) is 0 Å². The second kappa shape index (κ2) is 9.69. The van der Waals surface area contributed by atoms with E-state index < -0.39 is 11.8 Å². The molecule has 0 atom stereocenters. The third-order valence-corrected chi connectivity index (χ3v) is 4.29. The predicted octanol–water partition coefficient (Wildman–Crippen LogP) is 2.48. The van der Waals surface area contributed by atoms with Gasteiger partial charge in [-0.1, -0.05) is 24.3 Å². The highest BCUT2D eigenvalue weighted by molar-refractivity contribution is 7.80. The van der Waals surface area contributed by atoms with Gasteiger partial charge < -0.3 is 4.74 Å². The third kappa shape index (κ3) is 6.30. The van der Waals surface area contributed by atoms with Crippen LogP contribution in [0.2, 0.25) is 0 Å². The number of hydrogen-bond acceptors (Lipinski definition) is 5. The van der Waals surface area contributed by atoms with Gasteiger partial charge in [0.05, 0.1) is 0 Å². The van der Waals surface area contributed by atoms with Gasteiger partial charge in [-0.05, 0) is 54.7 Å². The summed E-state index contributed by atoms with van der Waals surface area (Å²) in [4.78, 5) is 24.5. The van der Waals surface area contributed by atoms with Gasteiger partial charge in [-0.15, -0.1) is 11.3 Å². The summed E-state index contributed by atoms with van der Waals surface area (Å²) in [5.41, 5.74) is 6.74. The van der Waals surface area contributed by atoms with E-state index in [1.54, 1.807) is 6.08 Å². The Kier molecular flexibility index (Phi) is 7.31. The van der Waals surface area contributed by atoms with Crippen LogP contribution < -0.4 is 20.9 Å². The van der Waals surface area contributed by atoms with Gasteiger partial charge in [0.25, 0.3) is 5.91 Å². The maximum atomic E-state index is 11.8. The monoisotopic (exact) mass is 389 g/mol. The Bertz CT molecular complexity index is 797. The van der Waals surface area contributed by atoms with Crippen molar-refractivity contribution in [1.29, 1.82) is 0 Å². The first kappa shape index (κ1) is 19.6. The van der Waals surface area contributed by atoms with Crippen LogP contribution in [0.5, 0.6) is 5.75 Å². The third-order valence-electron chi connectivity index (χ3n) is 3.25. The minimum absolute atomic E-state index is 0.00810. The molecule has 3 N–H and O–H groups in total. The Morgan fingerprint density at radius 3 is 2.54 bits per heavy atom. The van der Waals surface area contributed by atoms with Crippen molar-refractivity contribution in [1.82, 2.24) is 16.2 Å². The summed E-state index contributed by atoms with van der Waals surface area (Å²) < 4.78 is 5.53. The molecule has 8 heteroatoms. The molecule has 2 rings (SSSR count). The maximum Gasteiger partial charge on any atom is 0.276 e. The van der Waals surface area contributed by atoms with Crippen LogP contribution in [-0.4, -0.2) is 23.5 Å². The highest BCUT2D eigenvalue weighted by atomic mass is 32.1. The van der Waals surface area contributed by atoms with Crippen molar-refractivity contribution < 1.29 is 14.3 Å². The van der Waals surface area contributed by atoms with Crippen molar-refractivity contribution in [3.8, 4) is 5.75 Å². The quantitative estimate of drug-likeness (QED) is 0.416. The van der Waals surface area contributed by atoms with E-state index in [2.05, 4.69) is 16.2 Å². The van der Waals surface area contributed by atoms with Crippen LogP contribution in [0, 0.1) is 13.8 Å². The van der Waals surface area contributed by atoms with Crippen molar-refractivity contribution >= 4 is 46.6 Å². The van der Waals surface area contributed by atoms with E-state index >= 15 is 0 Å². The molecule has 1 aromatic carbocycles. The molecule has 26 heavy (non-hydrogen) atoms. The molecule has 1 heterocycles. The molecule has 0 saturated heterocycles. The average Bonchev–Trinajstić information content (AvgIpc) is 3.11. The van der Waals surface area contributed by atoms with Crippen LogP contribution in [-0.2, 0) is 9.59 Å². The van der Waals surface area contributed by atoms with Crippen LogP contribution in [0.4, 0.5) is 0 Å². The Morgan fingerprint density at radius 2 is 1.88 bits per heavy atom. The van der Waals surface area contributed by atoms with E-state index in [-0.39, 0.29) is 11.7 Å². The van der Waals surface area contributed by atoms with Gasteiger partial charge in [-0.25, -0.2) is 0 Å². The Labute approximate surface area is 161 Å². The van der Waals surface area contributed by atoms with Crippen molar-refractivity contribution in [3.05, 3.63) is 57.8 Å². The lowest BCUT2D eigenvalue weighted by Gasteiger charge is -2.13. The lowest BCUT2D eigenvalue weighted by Crippen LogP contribution is -2.49. The van der Waals surface area contributed by atoms with E-state index in [0.29, 0.717) is 5.75 Å². The van der Waals surface area contributed by atoms with Crippen molar-refractivity contribution in [2.45, 2.75) is 13.8 Å². The molecule has 136 valence electrons. The minimum atomic E-state index is -0.418. The zero-order valence-corrected chi connectivity index (χ0v) is 16.0. The number of amides is 2. The first-order chi connectivity index (χ1) is 12.5. The second-order valence-corrected chi connectivity index (χ2v) is 6.74. The van der Waals surface area contributed by atoms with Gasteiger partial charge in [0.2, 0.25) is 5.91 Å². The summed E-state index contributed by atoms with van der Waals surface area (Å²) in [5.74, 6) is -0.132. The first-order valence-electron chi connectivity index (χ1n) is 7.76. The number of carbonyl (C=O) groups excluding carboxylic acids is 2. The van der Waals surface area contributed by atoms with E-state index in [0.717, 1.165) is 16.0 Å². The Balaban J connectivity index is 1.71. The lowest BCUT2D eigenvalue weighted by atomic mass is 10.1. The van der Waals surface area contributed by atoms with Gasteiger partial charge in [0, 0.05) is 11.0 Å². The zero-order chi connectivity index (χ0) is 18.9. The normalized spacial score (nSPS) is 10.4. The molecule has 0 aliphatic carbocycles. The summed E-state index contributed by atoms with van der Waals surface area (Å²) in [6.07, 6.45) is 3.05. The highest BCUT2D eigenvalue weighted by Crippen LogP contribution is 2.21. The number of benzene rings is 1. The van der Waals surface area contributed by atoms with Crippen LogP contribution in [0.25, 0.3) is 6.08 Å². The van der Waals surface area contributed by atoms with Crippen LogP contribution in [0.15, 0.2) is 41.8 Å². The average molecular weight is 390 g/mol. The zero-order valence-electron chi connectivity index (χ0n) is 14.4. The Hall–Kier alpha value is -2.71. The van der Waals surface area contributed by atoms with Gasteiger partial charge in [-0.2, -0.15) is 0 Å². The smallest absolute Gasteiger partial charge is 0.276 e. The summed E-state index contributed by atoms with van der Waals surface area (Å²) in [6.45, 7) is 3.65. The molecule has 0 unspecified atom stereocenters. The van der Waals surface area contributed by atoms with Gasteiger partial charge in [0.1, 0.15) is 5.75 Å². The van der Waals surface area contributed by atoms with Crippen molar-refractivity contribution in [2.75, 3.05) is 6.61 Å². The molecule has 1 aromatic heterocycles. The lowest BCUT2D eigenvalue weighted by molar-refractivity contribution is -0.123. The van der Waals surface area contributed by atoms with E-state index in [4.69, 9.17) is 17.0 Å². The number of nitrogens with one attached hydrogen (secondary N) is 3. The minimum Gasteiger partial charge on any atom is -0.483 e. The second-order valence-electron chi connectivity index (χ2n) is 5.35. The van der Waals surface area contributed by atoms with Crippen LogP contribution in [0.1, 0.15) is 16.0 Å². The molecule has 0 radical (unpaired) electrons. The van der Waals surface area contributed by atoms with Crippen LogP contribution in [0.3, 0.4) is 0 Å². The molecule has 0 fully saturated rings. The van der Waals surface area contributed by atoms with E-state index in [1.165, 1.54) is 17.4 Å². The van der Waals surface area contributed by atoms with Gasteiger partial charge in [0.15, 0.2) is 11.7 Å². The molecular weight excluding hydrogens is 370 g/mol. The maximum absolute atomic E-state index is 11.8. The first-order valence-corrected chi connectivity index (χ1v) is 9.05. The molecule has 0 aliphatic heterocycles. The summed E-state index contributed by atoms with van der Waals surface area (Å²) in [6, 6.07) is 9.53. The molecule has 0 saturated carbocycles. The van der Waals surface area contributed by atoms with E-state index in [9.17, 15) is 9.59 Å². The molecule has 2 amide bonds. The number of aryl methyl sites for hydroxylation is 2. The number of hydrazine groups is 1. The molecule has 0 bridgehead atoms. The largest absolute Gasteiger partial charge is 0.483 e. The van der Waals surface area contributed by atoms with Gasteiger partial charge in [-0.3, -0.25) is 25.8 Å². The van der Waals surface area contributed by atoms with Gasteiger partial charge >= 0.3 is 0 Å². The fourth-order valence-corrected chi connectivity index (χ4v) is 2.83. The number of carbonyl (C=O) groups is 2. The predicted molar refractivity (Wildman–Crippen MR) is 107 cm³/mol. The summed E-state index contributed by atoms with van der Waals surface area (Å²) >= 11 is 6.47.